The van der Waals surface area contributed by atoms with E-state index in [4.69, 9.17) is 0 Å². The molecule has 0 aromatic heterocycles. The van der Waals surface area contributed by atoms with Crippen LogP contribution in [0.4, 0.5) is 0 Å². The molecule has 0 aromatic rings. The van der Waals surface area contributed by atoms with E-state index >= 15 is 0 Å². The second kappa shape index (κ2) is 7.87. The molecule has 0 fully saturated rings. The summed E-state index contributed by atoms with van der Waals surface area (Å²) in [6.07, 6.45) is 16.5. The Balaban J connectivity index is 0.00000112. The standard InChI is InChI=1S/2C5H5.C2H6Si.2ClH.Zr/c2*1-2-4-5-3-1;1-3-2;;;/h2*1-3H,4H2;1-2H3;2*1H;/q;;;;;+2/p-2. The SMILES string of the molecule is C[Si](C)=[Zr+2]([C]1=CC=CC1)[C]1=CC=CC1.[Cl-].[Cl-]. The van der Waals surface area contributed by atoms with E-state index in [1.807, 2.05) is 6.56 Å². The zero-order valence-electron chi connectivity index (χ0n) is 9.63. The molecule has 0 unspecified atom stereocenters. The molecule has 0 atom stereocenters. The minimum absolute atomic E-state index is 0. The van der Waals surface area contributed by atoms with Gasteiger partial charge in [-0.05, 0) is 0 Å². The van der Waals surface area contributed by atoms with Crippen molar-refractivity contribution in [3.63, 3.8) is 0 Å². The van der Waals surface area contributed by atoms with Crippen molar-refractivity contribution in [2.45, 2.75) is 25.9 Å². The molecule has 0 amide bonds. The average Bonchev–Trinajstić information content (AvgIpc) is 2.75. The van der Waals surface area contributed by atoms with E-state index in [-0.39, 0.29) is 30.2 Å². The molecule has 0 aromatic carbocycles. The molecule has 86 valence electrons. The van der Waals surface area contributed by atoms with Crippen molar-refractivity contribution in [2.24, 2.45) is 0 Å². The van der Waals surface area contributed by atoms with Crippen molar-refractivity contribution < 1.29 is 45.2 Å². The summed E-state index contributed by atoms with van der Waals surface area (Å²) in [6, 6.07) is 0. The summed E-state index contributed by atoms with van der Waals surface area (Å²) in [7, 11) is 0. The molecule has 0 spiro atoms. The fourth-order valence-corrected chi connectivity index (χ4v) is 19.0. The summed E-state index contributed by atoms with van der Waals surface area (Å²) in [4.78, 5) is 0. The Morgan fingerprint density at radius 3 is 1.62 bits per heavy atom. The van der Waals surface area contributed by atoms with Crippen LogP contribution in [0.5, 0.6) is 0 Å². The molecule has 0 nitrogen and oxygen atoms in total. The summed E-state index contributed by atoms with van der Waals surface area (Å²) in [5, 5.41) is 0. The van der Waals surface area contributed by atoms with Crippen LogP contribution in [0, 0.1) is 0 Å². The molecule has 0 bridgehead atoms. The largest absolute Gasteiger partial charge is 1.00 e. The fraction of sp³-hybridized carbons (Fsp3) is 0.333. The van der Waals surface area contributed by atoms with E-state index in [9.17, 15) is 0 Å². The summed E-state index contributed by atoms with van der Waals surface area (Å²) < 4.78 is 3.67. The molecule has 0 aliphatic heterocycles. The van der Waals surface area contributed by atoms with Gasteiger partial charge in [-0.25, -0.2) is 0 Å². The first-order valence-corrected chi connectivity index (χ1v) is 13.8. The molecule has 0 radical (unpaired) electrons. The van der Waals surface area contributed by atoms with Gasteiger partial charge in [0.25, 0.3) is 0 Å². The quantitative estimate of drug-likeness (QED) is 0.485. The first-order valence-electron chi connectivity index (χ1n) is 5.18. The second-order valence-electron chi connectivity index (χ2n) is 4.02. The minimum atomic E-state index is -1.33. The maximum Gasteiger partial charge on any atom is -1.00 e. The van der Waals surface area contributed by atoms with E-state index < -0.39 is 20.4 Å². The van der Waals surface area contributed by atoms with Gasteiger partial charge in [0.1, 0.15) is 0 Å². The van der Waals surface area contributed by atoms with E-state index in [1.54, 1.807) is 0 Å². The van der Waals surface area contributed by atoms with Crippen molar-refractivity contribution >= 4 is 5.43 Å². The van der Waals surface area contributed by atoms with Crippen LogP contribution in [0.2, 0.25) is 13.1 Å². The molecule has 16 heavy (non-hydrogen) atoms. The maximum absolute atomic E-state index is 2.51. The topological polar surface area (TPSA) is 0 Å². The molecular formula is C12H16Cl2SiZr. The Bertz CT molecular complexity index is 367. The van der Waals surface area contributed by atoms with Crippen LogP contribution in [-0.4, -0.2) is 5.43 Å². The van der Waals surface area contributed by atoms with Crippen LogP contribution >= 0.6 is 0 Å². The van der Waals surface area contributed by atoms with Crippen molar-refractivity contribution in [3.8, 4) is 0 Å². The molecule has 4 heteroatoms. The summed E-state index contributed by atoms with van der Waals surface area (Å²) in [5.74, 6) is 0. The Kier molecular flexibility index (Phi) is 8.18. The Morgan fingerprint density at radius 2 is 1.38 bits per heavy atom. The number of rotatable bonds is 2. The van der Waals surface area contributed by atoms with Gasteiger partial charge >= 0.3 is 94.8 Å². The number of hydrogen-bond acceptors (Lipinski definition) is 0. The zero-order valence-corrected chi connectivity index (χ0v) is 14.6. The number of hydrogen-bond donors (Lipinski definition) is 0. The normalized spacial score (nSPS) is 15.6. The van der Waals surface area contributed by atoms with Gasteiger partial charge in [0.05, 0.1) is 0 Å². The summed E-state index contributed by atoms with van der Waals surface area (Å²) in [6.45, 7) is 5.02. The van der Waals surface area contributed by atoms with Crippen molar-refractivity contribution in [3.05, 3.63) is 43.0 Å². The maximum atomic E-state index is 2.51. The molecule has 2 aliphatic rings. The van der Waals surface area contributed by atoms with E-state index in [0.717, 1.165) is 0 Å². The number of halogens is 2. The van der Waals surface area contributed by atoms with E-state index in [2.05, 4.69) is 49.6 Å². The Hall–Kier alpha value is 0.640. The van der Waals surface area contributed by atoms with Crippen LogP contribution in [-0.2, 0) is 20.4 Å². The molecule has 0 N–H and O–H groups in total. The number of allylic oxidation sites excluding steroid dienone is 8. The van der Waals surface area contributed by atoms with Gasteiger partial charge in [0, 0.05) is 0 Å². The second-order valence-corrected chi connectivity index (χ2v) is 21.4. The smallest absolute Gasteiger partial charge is 1.00 e. The van der Waals surface area contributed by atoms with Gasteiger partial charge in [-0.2, -0.15) is 0 Å². The predicted molar refractivity (Wildman–Crippen MR) is 61.2 cm³/mol. The molecule has 2 aliphatic carbocycles. The van der Waals surface area contributed by atoms with Gasteiger partial charge in [-0.15, -0.1) is 0 Å². The summed E-state index contributed by atoms with van der Waals surface area (Å²) in [5.41, 5.74) is -0.0588. The van der Waals surface area contributed by atoms with Gasteiger partial charge in [-0.1, -0.05) is 0 Å². The molecule has 0 heterocycles. The van der Waals surface area contributed by atoms with Crippen LogP contribution < -0.4 is 24.8 Å². The third kappa shape index (κ3) is 3.84. The fourth-order valence-electron chi connectivity index (χ4n) is 2.11. The van der Waals surface area contributed by atoms with Crippen LogP contribution in [0.3, 0.4) is 0 Å². The molecule has 0 saturated carbocycles. The Labute approximate surface area is 119 Å². The van der Waals surface area contributed by atoms with Gasteiger partial charge in [0.15, 0.2) is 0 Å². The van der Waals surface area contributed by atoms with Gasteiger partial charge in [-0.3, -0.25) is 0 Å². The van der Waals surface area contributed by atoms with Gasteiger partial charge < -0.3 is 24.8 Å². The minimum Gasteiger partial charge on any atom is -1.00 e. The van der Waals surface area contributed by atoms with Crippen molar-refractivity contribution in [1.82, 2.24) is 0 Å². The predicted octanol–water partition coefficient (Wildman–Crippen LogP) is -2.45. The zero-order chi connectivity index (χ0) is 9.97. The molecule has 2 rings (SSSR count). The summed E-state index contributed by atoms with van der Waals surface area (Å²) >= 11 is -1.33. The third-order valence-electron chi connectivity index (χ3n) is 2.68. The molecule has 0 saturated heterocycles. The van der Waals surface area contributed by atoms with Crippen LogP contribution in [0.15, 0.2) is 43.0 Å². The van der Waals surface area contributed by atoms with Gasteiger partial charge in [0.2, 0.25) is 0 Å². The monoisotopic (exact) mass is 348 g/mol. The van der Waals surface area contributed by atoms with Crippen molar-refractivity contribution in [2.75, 3.05) is 0 Å². The first-order chi connectivity index (χ1) is 6.79. The van der Waals surface area contributed by atoms with Crippen LogP contribution in [0.25, 0.3) is 0 Å². The third-order valence-corrected chi connectivity index (χ3v) is 19.8. The average molecular weight is 350 g/mol. The van der Waals surface area contributed by atoms with E-state index in [0.29, 0.717) is 0 Å². The first kappa shape index (κ1) is 16.6. The molecular weight excluding hydrogens is 334 g/mol. The van der Waals surface area contributed by atoms with E-state index in [1.165, 1.54) is 12.8 Å². The van der Waals surface area contributed by atoms with Crippen molar-refractivity contribution in [1.29, 1.82) is 0 Å². The Morgan fingerprint density at radius 1 is 0.938 bits per heavy atom. The van der Waals surface area contributed by atoms with Crippen LogP contribution in [0.1, 0.15) is 12.8 Å².